The minimum Gasteiger partial charge on any atom is -0.348 e. The summed E-state index contributed by atoms with van der Waals surface area (Å²) in [5.74, 6) is -0.336. The Bertz CT molecular complexity index is 243. The van der Waals surface area contributed by atoms with E-state index >= 15 is 0 Å². The highest BCUT2D eigenvalue weighted by Gasteiger charge is 2.54. The molecule has 0 bridgehead atoms. The van der Waals surface area contributed by atoms with Gasteiger partial charge in [0.15, 0.2) is 0 Å². The summed E-state index contributed by atoms with van der Waals surface area (Å²) in [6.07, 6.45) is 0. The zero-order valence-corrected chi connectivity index (χ0v) is 7.47. The van der Waals surface area contributed by atoms with Gasteiger partial charge in [-0.1, -0.05) is 0 Å². The Balaban J connectivity index is 2.57. The fourth-order valence-corrected chi connectivity index (χ4v) is 0.760. The molecule has 66 valence electrons. The lowest BCUT2D eigenvalue weighted by atomic mass is 10.1. The van der Waals surface area contributed by atoms with Gasteiger partial charge < -0.3 is 10.1 Å². The van der Waals surface area contributed by atoms with Crippen LogP contribution in [0.15, 0.2) is 0 Å². The summed E-state index contributed by atoms with van der Waals surface area (Å²) in [5, 5.41) is 11.3. The molecule has 1 fully saturated rings. The van der Waals surface area contributed by atoms with Crippen LogP contribution in [0.1, 0.15) is 20.8 Å². The highest BCUT2D eigenvalue weighted by Crippen LogP contribution is 2.26. The summed E-state index contributed by atoms with van der Waals surface area (Å²) in [6.45, 7) is 5.79. The van der Waals surface area contributed by atoms with Crippen molar-refractivity contribution in [1.82, 2.24) is 5.32 Å². The van der Waals surface area contributed by atoms with Crippen LogP contribution in [0.2, 0.25) is 0 Å². The molecule has 0 aliphatic carbocycles. The summed E-state index contributed by atoms with van der Waals surface area (Å²) >= 11 is 0. The van der Waals surface area contributed by atoms with Gasteiger partial charge in [0.1, 0.15) is 12.7 Å². The van der Waals surface area contributed by atoms with Gasteiger partial charge in [-0.05, 0) is 20.8 Å². The molecule has 12 heavy (non-hydrogen) atoms. The van der Waals surface area contributed by atoms with E-state index in [2.05, 4.69) is 5.32 Å². The van der Waals surface area contributed by atoms with Crippen LogP contribution in [0.3, 0.4) is 0 Å². The topological polar surface area (TPSA) is 65.4 Å². The molecule has 0 aromatic heterocycles. The third-order valence-corrected chi connectivity index (χ3v) is 1.47. The van der Waals surface area contributed by atoms with E-state index in [4.69, 9.17) is 10.00 Å². The maximum Gasteiger partial charge on any atom is 0.270 e. The van der Waals surface area contributed by atoms with Crippen LogP contribution in [-0.2, 0) is 9.53 Å². The van der Waals surface area contributed by atoms with Crippen LogP contribution in [0.25, 0.3) is 0 Å². The first-order chi connectivity index (χ1) is 5.40. The molecule has 0 aromatic carbocycles. The molecule has 1 aliphatic rings. The SMILES string of the molecule is CC(C)(C)NC(=O)C1(C#N)CO1. The predicted molar refractivity (Wildman–Crippen MR) is 42.2 cm³/mol. The average molecular weight is 168 g/mol. The number of nitriles is 1. The molecular weight excluding hydrogens is 156 g/mol. The maximum absolute atomic E-state index is 11.3. The maximum atomic E-state index is 11.3. The van der Waals surface area contributed by atoms with Gasteiger partial charge in [-0.2, -0.15) is 5.26 Å². The van der Waals surface area contributed by atoms with Gasteiger partial charge in [-0.25, -0.2) is 0 Å². The molecule has 1 unspecified atom stereocenters. The zero-order valence-electron chi connectivity index (χ0n) is 7.47. The molecule has 1 N–H and O–H groups in total. The lowest BCUT2D eigenvalue weighted by Gasteiger charge is -2.20. The Hall–Kier alpha value is -1.08. The molecule has 4 heteroatoms. The van der Waals surface area contributed by atoms with Crippen molar-refractivity contribution in [2.24, 2.45) is 0 Å². The fourth-order valence-electron chi connectivity index (χ4n) is 0.760. The molecule has 1 atom stereocenters. The number of hydrogen-bond donors (Lipinski definition) is 1. The normalized spacial score (nSPS) is 27.5. The third-order valence-electron chi connectivity index (χ3n) is 1.47. The Labute approximate surface area is 71.5 Å². The van der Waals surface area contributed by atoms with Gasteiger partial charge >= 0.3 is 0 Å². The molecule has 1 amide bonds. The first kappa shape index (κ1) is 9.01. The average Bonchev–Trinajstić information content (AvgIpc) is 2.62. The second-order valence-corrected chi connectivity index (χ2v) is 3.93. The zero-order chi connectivity index (χ0) is 9.41. The first-order valence-electron chi connectivity index (χ1n) is 3.77. The number of hydrogen-bond acceptors (Lipinski definition) is 3. The second-order valence-electron chi connectivity index (χ2n) is 3.93. The molecule has 0 spiro atoms. The van der Waals surface area contributed by atoms with Crippen LogP contribution < -0.4 is 5.32 Å². The van der Waals surface area contributed by atoms with E-state index in [1.807, 2.05) is 26.8 Å². The molecule has 1 saturated heterocycles. The number of epoxide rings is 1. The molecule has 1 aliphatic heterocycles. The van der Waals surface area contributed by atoms with Gasteiger partial charge in [-0.3, -0.25) is 4.79 Å². The Kier molecular flexibility index (Phi) is 1.85. The van der Waals surface area contributed by atoms with Crippen molar-refractivity contribution in [2.75, 3.05) is 6.61 Å². The van der Waals surface area contributed by atoms with Gasteiger partial charge in [0.05, 0.1) is 0 Å². The van der Waals surface area contributed by atoms with Crippen molar-refractivity contribution in [3.63, 3.8) is 0 Å². The third kappa shape index (κ3) is 1.74. The minimum atomic E-state index is -1.19. The fraction of sp³-hybridized carbons (Fsp3) is 0.750. The molecule has 1 heterocycles. The monoisotopic (exact) mass is 168 g/mol. The number of nitrogens with zero attached hydrogens (tertiary/aromatic N) is 1. The van der Waals surface area contributed by atoms with Crippen LogP contribution in [0, 0.1) is 11.3 Å². The van der Waals surface area contributed by atoms with Crippen LogP contribution >= 0.6 is 0 Å². The van der Waals surface area contributed by atoms with Crippen molar-refractivity contribution in [2.45, 2.75) is 31.9 Å². The summed E-state index contributed by atoms with van der Waals surface area (Å²) in [4.78, 5) is 11.3. The largest absolute Gasteiger partial charge is 0.348 e. The summed E-state index contributed by atoms with van der Waals surface area (Å²) < 4.78 is 4.78. The number of amides is 1. The first-order valence-corrected chi connectivity index (χ1v) is 3.77. The highest BCUT2D eigenvalue weighted by atomic mass is 16.6. The summed E-state index contributed by atoms with van der Waals surface area (Å²) in [5.41, 5.74) is -1.50. The van der Waals surface area contributed by atoms with Crippen LogP contribution in [-0.4, -0.2) is 23.7 Å². The summed E-state index contributed by atoms with van der Waals surface area (Å²) in [6, 6.07) is 1.84. The van der Waals surface area contributed by atoms with Gasteiger partial charge in [-0.15, -0.1) is 0 Å². The highest BCUT2D eigenvalue weighted by molar-refractivity contribution is 5.91. The van der Waals surface area contributed by atoms with E-state index in [1.54, 1.807) is 0 Å². The number of carbonyl (C=O) groups is 1. The number of ether oxygens (including phenoxy) is 1. The standard InChI is InChI=1S/C8H12N2O2/c1-7(2,3)10-6(11)8(4-9)5-12-8/h5H2,1-3H3,(H,10,11). The molecule has 4 nitrogen and oxygen atoms in total. The lowest BCUT2D eigenvalue weighted by molar-refractivity contribution is -0.125. The molecule has 0 saturated carbocycles. The van der Waals surface area contributed by atoms with Crippen LogP contribution in [0.4, 0.5) is 0 Å². The van der Waals surface area contributed by atoms with E-state index in [0.29, 0.717) is 0 Å². The van der Waals surface area contributed by atoms with E-state index in [-0.39, 0.29) is 18.1 Å². The predicted octanol–water partition coefficient (Wildman–Crippen LogP) is 0.194. The van der Waals surface area contributed by atoms with Gasteiger partial charge in [0, 0.05) is 5.54 Å². The van der Waals surface area contributed by atoms with Crippen molar-refractivity contribution in [3.05, 3.63) is 0 Å². The number of rotatable bonds is 1. The molecule has 0 radical (unpaired) electrons. The van der Waals surface area contributed by atoms with E-state index in [9.17, 15) is 4.79 Å². The van der Waals surface area contributed by atoms with E-state index < -0.39 is 5.60 Å². The van der Waals surface area contributed by atoms with Crippen LogP contribution in [0.5, 0.6) is 0 Å². The molecule has 0 aromatic rings. The van der Waals surface area contributed by atoms with Crippen molar-refractivity contribution < 1.29 is 9.53 Å². The van der Waals surface area contributed by atoms with Crippen molar-refractivity contribution >= 4 is 5.91 Å². The van der Waals surface area contributed by atoms with Gasteiger partial charge in [0.25, 0.3) is 11.5 Å². The molecule has 1 rings (SSSR count). The van der Waals surface area contributed by atoms with Crippen molar-refractivity contribution in [3.8, 4) is 6.07 Å². The van der Waals surface area contributed by atoms with Crippen molar-refractivity contribution in [1.29, 1.82) is 5.26 Å². The number of carbonyl (C=O) groups excluding carboxylic acids is 1. The Morgan fingerprint density at radius 2 is 2.17 bits per heavy atom. The second kappa shape index (κ2) is 2.46. The Morgan fingerprint density at radius 1 is 1.67 bits per heavy atom. The smallest absolute Gasteiger partial charge is 0.270 e. The van der Waals surface area contributed by atoms with E-state index in [1.165, 1.54) is 0 Å². The minimum absolute atomic E-state index is 0.214. The molecular formula is C8H12N2O2. The van der Waals surface area contributed by atoms with E-state index in [0.717, 1.165) is 0 Å². The lowest BCUT2D eigenvalue weighted by Crippen LogP contribution is -2.47. The summed E-state index contributed by atoms with van der Waals surface area (Å²) in [7, 11) is 0. The Morgan fingerprint density at radius 3 is 2.42 bits per heavy atom. The quantitative estimate of drug-likeness (QED) is 0.568. The van der Waals surface area contributed by atoms with Gasteiger partial charge in [0.2, 0.25) is 0 Å². The number of nitrogens with one attached hydrogen (secondary N) is 1.